The van der Waals surface area contributed by atoms with Crippen molar-refractivity contribution in [1.29, 1.82) is 5.26 Å². The molecule has 0 saturated carbocycles. The van der Waals surface area contributed by atoms with Gasteiger partial charge < -0.3 is 19.4 Å². The Labute approximate surface area is 293 Å². The number of halogens is 1. The van der Waals surface area contributed by atoms with Crippen LogP contribution in [0.1, 0.15) is 82.8 Å². The summed E-state index contributed by atoms with van der Waals surface area (Å²) in [6, 6.07) is 12.0. The van der Waals surface area contributed by atoms with Crippen molar-refractivity contribution in [1.82, 2.24) is 29.3 Å². The second kappa shape index (κ2) is 14.1. The summed E-state index contributed by atoms with van der Waals surface area (Å²) < 4.78 is 7.12. The van der Waals surface area contributed by atoms with E-state index in [1.165, 1.54) is 10.9 Å². The number of aromatic nitrogens is 4. The van der Waals surface area contributed by atoms with Crippen LogP contribution < -0.4 is 10.5 Å². The predicted octanol–water partition coefficient (Wildman–Crippen LogP) is 6.73. The molecule has 3 aromatic heterocycles. The molecule has 1 saturated heterocycles. The number of nitriles is 1. The molecule has 4 aromatic rings. The van der Waals surface area contributed by atoms with Crippen molar-refractivity contribution in [2.24, 2.45) is 0 Å². The number of ether oxygens (including phenoxy) is 1. The van der Waals surface area contributed by atoms with Gasteiger partial charge in [0, 0.05) is 43.7 Å². The Morgan fingerprint density at radius 1 is 1.02 bits per heavy atom. The number of piperazine rings is 1. The zero-order chi connectivity index (χ0) is 35.8. The van der Waals surface area contributed by atoms with E-state index >= 15 is 0 Å². The maximum absolute atomic E-state index is 14.8. The van der Waals surface area contributed by atoms with Gasteiger partial charge in [-0.1, -0.05) is 63.6 Å². The molecule has 1 aromatic carbocycles. The van der Waals surface area contributed by atoms with E-state index in [1.807, 2.05) is 97.8 Å². The molecule has 0 bridgehead atoms. The second-order valence-corrected chi connectivity index (χ2v) is 14.7. The molecule has 0 unspecified atom stereocenters. The molecule has 1 aliphatic rings. The van der Waals surface area contributed by atoms with Crippen LogP contribution in [0.15, 0.2) is 41.5 Å². The average Bonchev–Trinajstić information content (AvgIpc) is 3.03. The number of rotatable bonds is 7. The minimum Gasteiger partial charge on any atom is -0.444 e. The third-order valence-corrected chi connectivity index (χ3v) is 8.68. The number of nitrogens with zero attached hydrogens (tertiary/aromatic N) is 8. The third-order valence-electron chi connectivity index (χ3n) is 8.39. The molecular formula is C37H45ClN8O3. The molecular weight excluding hydrogens is 640 g/mol. The molecule has 258 valence electrons. The SMILES string of the molecule is CC(C)c1ncnc(C(C)C)c1-n1c(=O)c(C#N)c(N2CCN(C(=O)OC(C)(C)C)CC2)c2cc(Cl)c(-c3ccccc3CN(C)C)nc21. The number of anilines is 1. The summed E-state index contributed by atoms with van der Waals surface area (Å²) in [6.45, 7) is 15.7. The zero-order valence-electron chi connectivity index (χ0n) is 29.8. The van der Waals surface area contributed by atoms with Crippen molar-refractivity contribution in [3.8, 4) is 23.0 Å². The first-order valence-electron chi connectivity index (χ1n) is 16.6. The van der Waals surface area contributed by atoms with E-state index in [4.69, 9.17) is 21.3 Å². The Bertz CT molecular complexity index is 1960. The quantitative estimate of drug-likeness (QED) is 0.209. The summed E-state index contributed by atoms with van der Waals surface area (Å²) in [5.74, 6) is -0.118. The van der Waals surface area contributed by atoms with Crippen molar-refractivity contribution in [2.45, 2.75) is 72.4 Å². The van der Waals surface area contributed by atoms with E-state index in [-0.39, 0.29) is 17.4 Å². The zero-order valence-corrected chi connectivity index (χ0v) is 30.6. The molecule has 1 amide bonds. The molecule has 1 aliphatic heterocycles. The minimum absolute atomic E-state index is 0.0369. The highest BCUT2D eigenvalue weighted by Gasteiger charge is 2.32. The van der Waals surface area contributed by atoms with Gasteiger partial charge >= 0.3 is 6.09 Å². The van der Waals surface area contributed by atoms with Gasteiger partial charge in [-0.15, -0.1) is 0 Å². The molecule has 0 spiro atoms. The van der Waals surface area contributed by atoms with Gasteiger partial charge in [-0.25, -0.2) is 19.7 Å². The van der Waals surface area contributed by atoms with Crippen LogP contribution in [0.3, 0.4) is 0 Å². The van der Waals surface area contributed by atoms with Crippen LogP contribution in [0, 0.1) is 11.3 Å². The normalized spacial score (nSPS) is 13.9. The molecule has 1 fully saturated rings. The van der Waals surface area contributed by atoms with Crippen LogP contribution in [0.25, 0.3) is 28.0 Å². The highest BCUT2D eigenvalue weighted by Crippen LogP contribution is 2.39. The van der Waals surface area contributed by atoms with Crippen LogP contribution in [-0.2, 0) is 11.3 Å². The standard InChI is InChI=1S/C37H45ClN8O3/c1-22(2)29-33(30(23(3)4)41-21-40-29)46-34-26(18-28(38)31(42-34)25-13-11-10-12-24(25)20-43(8)9)32(27(19-39)35(46)47)44-14-16-45(17-15-44)36(48)49-37(5,6)7/h10-13,18,21-23H,14-17,20H2,1-9H3. The largest absolute Gasteiger partial charge is 0.444 e. The van der Waals surface area contributed by atoms with E-state index in [1.54, 1.807) is 4.90 Å². The molecule has 49 heavy (non-hydrogen) atoms. The van der Waals surface area contributed by atoms with Gasteiger partial charge in [0.05, 0.1) is 33.5 Å². The second-order valence-electron chi connectivity index (χ2n) is 14.3. The molecule has 0 N–H and O–H groups in total. The molecule has 11 nitrogen and oxygen atoms in total. The van der Waals surface area contributed by atoms with E-state index in [9.17, 15) is 14.9 Å². The number of hydrogen-bond acceptors (Lipinski definition) is 9. The topological polar surface area (TPSA) is 120 Å². The lowest BCUT2D eigenvalue weighted by atomic mass is 9.99. The van der Waals surface area contributed by atoms with Gasteiger partial charge in [0.1, 0.15) is 29.2 Å². The first kappa shape index (κ1) is 35.8. The number of hydrogen-bond donors (Lipinski definition) is 0. The average molecular weight is 685 g/mol. The van der Waals surface area contributed by atoms with Crippen LogP contribution in [-0.4, -0.2) is 81.3 Å². The van der Waals surface area contributed by atoms with Crippen LogP contribution in [0.4, 0.5) is 10.5 Å². The van der Waals surface area contributed by atoms with Gasteiger partial charge in [0.2, 0.25) is 0 Å². The Hall–Kier alpha value is -4.53. The fourth-order valence-electron chi connectivity index (χ4n) is 6.24. The van der Waals surface area contributed by atoms with Crippen LogP contribution >= 0.6 is 11.6 Å². The number of carbonyl (C=O) groups is 1. The lowest BCUT2D eigenvalue weighted by Crippen LogP contribution is -2.50. The molecule has 4 heterocycles. The maximum Gasteiger partial charge on any atom is 0.410 e. The molecule has 0 atom stereocenters. The van der Waals surface area contributed by atoms with Crippen molar-refractivity contribution >= 4 is 34.4 Å². The summed E-state index contributed by atoms with van der Waals surface area (Å²) in [5, 5.41) is 11.6. The predicted molar refractivity (Wildman–Crippen MR) is 194 cm³/mol. The number of amides is 1. The van der Waals surface area contributed by atoms with E-state index in [2.05, 4.69) is 20.9 Å². The summed E-state index contributed by atoms with van der Waals surface area (Å²) in [7, 11) is 4.00. The first-order valence-corrected chi connectivity index (χ1v) is 17.0. The number of carbonyl (C=O) groups excluding carboxylic acids is 1. The number of pyridine rings is 2. The summed E-state index contributed by atoms with van der Waals surface area (Å²) in [4.78, 5) is 47.8. The van der Waals surface area contributed by atoms with Crippen molar-refractivity contribution in [2.75, 3.05) is 45.2 Å². The van der Waals surface area contributed by atoms with Crippen molar-refractivity contribution in [3.05, 3.63) is 74.6 Å². The lowest BCUT2D eigenvalue weighted by molar-refractivity contribution is 0.0240. The smallest absolute Gasteiger partial charge is 0.410 e. The molecule has 12 heteroatoms. The molecule has 5 rings (SSSR count). The molecule has 0 radical (unpaired) electrons. The van der Waals surface area contributed by atoms with Crippen molar-refractivity contribution in [3.63, 3.8) is 0 Å². The lowest BCUT2D eigenvalue weighted by Gasteiger charge is -2.37. The number of fused-ring (bicyclic) bond motifs is 1. The Kier molecular flexibility index (Phi) is 10.3. The van der Waals surface area contributed by atoms with Gasteiger partial charge in [-0.2, -0.15) is 5.26 Å². The Morgan fingerprint density at radius 3 is 2.18 bits per heavy atom. The summed E-state index contributed by atoms with van der Waals surface area (Å²) in [6.07, 6.45) is 1.13. The van der Waals surface area contributed by atoms with Crippen LogP contribution in [0.2, 0.25) is 5.02 Å². The monoisotopic (exact) mass is 684 g/mol. The van der Waals surface area contributed by atoms with E-state index in [0.29, 0.717) is 77.2 Å². The fraction of sp³-hybridized carbons (Fsp3) is 0.459. The van der Waals surface area contributed by atoms with Crippen LogP contribution in [0.5, 0.6) is 0 Å². The maximum atomic E-state index is 14.8. The van der Waals surface area contributed by atoms with Gasteiger partial charge in [0.15, 0.2) is 0 Å². The van der Waals surface area contributed by atoms with Gasteiger partial charge in [-0.05, 0) is 58.3 Å². The van der Waals surface area contributed by atoms with Crippen molar-refractivity contribution < 1.29 is 9.53 Å². The van der Waals surface area contributed by atoms with Gasteiger partial charge in [-0.3, -0.25) is 9.36 Å². The number of benzene rings is 1. The fourth-order valence-corrected chi connectivity index (χ4v) is 6.50. The first-order chi connectivity index (χ1) is 23.1. The summed E-state index contributed by atoms with van der Waals surface area (Å²) in [5.41, 5.74) is 3.90. The van der Waals surface area contributed by atoms with E-state index < -0.39 is 17.3 Å². The molecule has 0 aliphatic carbocycles. The van der Waals surface area contributed by atoms with E-state index in [0.717, 1.165) is 11.1 Å². The third kappa shape index (κ3) is 7.26. The highest BCUT2D eigenvalue weighted by molar-refractivity contribution is 6.34. The Morgan fingerprint density at radius 2 is 1.63 bits per heavy atom. The highest BCUT2D eigenvalue weighted by atomic mass is 35.5. The minimum atomic E-state index is -0.626. The van der Waals surface area contributed by atoms with Gasteiger partial charge in [0.25, 0.3) is 5.56 Å². The summed E-state index contributed by atoms with van der Waals surface area (Å²) >= 11 is 7.12. The Balaban J connectivity index is 1.82.